The molecule has 0 aliphatic carbocycles. The highest BCUT2D eigenvalue weighted by atomic mass is 35.5. The standard InChI is InChI=1S/C16H13ClO2/c17-15-7-3-14(4-8-15)12-19-16-9-5-13(6-10-16)2-1-11-18/h3-10,18H,11-12H2. The van der Waals surface area contributed by atoms with Crippen LogP contribution in [-0.4, -0.2) is 11.7 Å². The molecule has 0 radical (unpaired) electrons. The Morgan fingerprint density at radius 2 is 1.68 bits per heavy atom. The van der Waals surface area contributed by atoms with E-state index in [1.54, 1.807) is 0 Å². The Balaban J connectivity index is 1.94. The van der Waals surface area contributed by atoms with Gasteiger partial charge in [0.15, 0.2) is 0 Å². The maximum Gasteiger partial charge on any atom is 0.119 e. The van der Waals surface area contributed by atoms with Crippen LogP contribution in [0.2, 0.25) is 5.02 Å². The zero-order chi connectivity index (χ0) is 13.5. The molecule has 0 saturated carbocycles. The molecular formula is C16H13ClO2. The Morgan fingerprint density at radius 3 is 2.32 bits per heavy atom. The lowest BCUT2D eigenvalue weighted by Crippen LogP contribution is -1.94. The second-order valence-corrected chi connectivity index (χ2v) is 4.34. The summed E-state index contributed by atoms with van der Waals surface area (Å²) in [6.07, 6.45) is 0. The third-order valence-corrected chi connectivity index (χ3v) is 2.74. The van der Waals surface area contributed by atoms with Crippen LogP contribution in [-0.2, 0) is 6.61 Å². The highest BCUT2D eigenvalue weighted by molar-refractivity contribution is 6.30. The van der Waals surface area contributed by atoms with Gasteiger partial charge in [0.2, 0.25) is 0 Å². The molecule has 0 spiro atoms. The van der Waals surface area contributed by atoms with Gasteiger partial charge < -0.3 is 9.84 Å². The van der Waals surface area contributed by atoms with Gasteiger partial charge in [-0.25, -0.2) is 0 Å². The van der Waals surface area contributed by atoms with Gasteiger partial charge in [-0.1, -0.05) is 35.6 Å². The van der Waals surface area contributed by atoms with Crippen molar-refractivity contribution in [2.24, 2.45) is 0 Å². The number of hydrogen-bond donors (Lipinski definition) is 1. The van der Waals surface area contributed by atoms with Crippen molar-refractivity contribution >= 4 is 11.6 Å². The molecule has 2 aromatic rings. The van der Waals surface area contributed by atoms with E-state index >= 15 is 0 Å². The molecule has 96 valence electrons. The minimum atomic E-state index is -0.130. The van der Waals surface area contributed by atoms with Crippen LogP contribution in [0, 0.1) is 11.8 Å². The summed E-state index contributed by atoms with van der Waals surface area (Å²) >= 11 is 5.82. The fourth-order valence-electron chi connectivity index (χ4n) is 1.52. The van der Waals surface area contributed by atoms with Crippen LogP contribution in [0.5, 0.6) is 5.75 Å². The minimum absolute atomic E-state index is 0.130. The van der Waals surface area contributed by atoms with E-state index in [1.165, 1.54) is 0 Å². The molecule has 1 N–H and O–H groups in total. The summed E-state index contributed by atoms with van der Waals surface area (Å²) in [6.45, 7) is 0.369. The van der Waals surface area contributed by atoms with Gasteiger partial charge in [-0.15, -0.1) is 0 Å². The summed E-state index contributed by atoms with van der Waals surface area (Å²) in [5.74, 6) is 6.21. The summed E-state index contributed by atoms with van der Waals surface area (Å²) in [5.41, 5.74) is 1.92. The zero-order valence-corrected chi connectivity index (χ0v) is 11.0. The molecule has 19 heavy (non-hydrogen) atoms. The minimum Gasteiger partial charge on any atom is -0.489 e. The molecule has 2 aromatic carbocycles. The molecular weight excluding hydrogens is 260 g/mol. The van der Waals surface area contributed by atoms with Crippen LogP contribution >= 0.6 is 11.6 Å². The normalized spacial score (nSPS) is 9.58. The van der Waals surface area contributed by atoms with E-state index in [-0.39, 0.29) is 6.61 Å². The second kappa shape index (κ2) is 6.84. The predicted octanol–water partition coefficient (Wildman–Crippen LogP) is 3.26. The molecule has 0 aliphatic rings. The molecule has 0 fully saturated rings. The molecule has 0 aliphatic heterocycles. The van der Waals surface area contributed by atoms with E-state index in [0.29, 0.717) is 6.61 Å². The van der Waals surface area contributed by atoms with Crippen LogP contribution in [0.4, 0.5) is 0 Å². The van der Waals surface area contributed by atoms with Gasteiger partial charge in [0, 0.05) is 10.6 Å². The Morgan fingerprint density at radius 1 is 1.00 bits per heavy atom. The van der Waals surface area contributed by atoms with E-state index in [9.17, 15) is 0 Å². The zero-order valence-electron chi connectivity index (χ0n) is 10.3. The SMILES string of the molecule is OCC#Cc1ccc(OCc2ccc(Cl)cc2)cc1. The first-order valence-corrected chi connectivity index (χ1v) is 6.23. The van der Waals surface area contributed by atoms with Gasteiger partial charge in [0.1, 0.15) is 19.0 Å². The average molecular weight is 273 g/mol. The van der Waals surface area contributed by atoms with E-state index < -0.39 is 0 Å². The first kappa shape index (κ1) is 13.5. The quantitative estimate of drug-likeness (QED) is 0.869. The first-order valence-electron chi connectivity index (χ1n) is 5.85. The lowest BCUT2D eigenvalue weighted by molar-refractivity contribution is 0.306. The molecule has 0 aromatic heterocycles. The summed E-state index contributed by atoms with van der Waals surface area (Å²) < 4.78 is 5.65. The fourth-order valence-corrected chi connectivity index (χ4v) is 1.65. The first-order chi connectivity index (χ1) is 9.28. The summed E-state index contributed by atoms with van der Waals surface area (Å²) in [5, 5.41) is 9.32. The van der Waals surface area contributed by atoms with Gasteiger partial charge in [-0.05, 0) is 42.0 Å². The monoisotopic (exact) mass is 272 g/mol. The molecule has 0 amide bonds. The van der Waals surface area contributed by atoms with Gasteiger partial charge in [-0.2, -0.15) is 0 Å². The van der Waals surface area contributed by atoms with Crippen molar-refractivity contribution in [2.45, 2.75) is 6.61 Å². The second-order valence-electron chi connectivity index (χ2n) is 3.90. The Hall–Kier alpha value is -1.95. The van der Waals surface area contributed by atoms with Crippen molar-refractivity contribution in [1.82, 2.24) is 0 Å². The summed E-state index contributed by atoms with van der Waals surface area (Å²) in [7, 11) is 0. The average Bonchev–Trinajstić information content (AvgIpc) is 2.46. The number of benzene rings is 2. The third kappa shape index (κ3) is 4.33. The lowest BCUT2D eigenvalue weighted by atomic mass is 10.2. The van der Waals surface area contributed by atoms with Crippen LogP contribution in [0.3, 0.4) is 0 Å². The van der Waals surface area contributed by atoms with Crippen molar-refractivity contribution in [3.8, 4) is 17.6 Å². The van der Waals surface area contributed by atoms with Crippen molar-refractivity contribution in [1.29, 1.82) is 0 Å². The Labute approximate surface area is 117 Å². The van der Waals surface area contributed by atoms with Crippen molar-refractivity contribution in [2.75, 3.05) is 6.61 Å². The Bertz CT molecular complexity index is 577. The Kier molecular flexibility index (Phi) is 4.85. The molecule has 0 unspecified atom stereocenters. The summed E-state index contributed by atoms with van der Waals surface area (Å²) in [6, 6.07) is 15.0. The summed E-state index contributed by atoms with van der Waals surface area (Å²) in [4.78, 5) is 0. The molecule has 0 atom stereocenters. The highest BCUT2D eigenvalue weighted by Gasteiger charge is 1.96. The van der Waals surface area contributed by atoms with Crippen molar-refractivity contribution in [3.63, 3.8) is 0 Å². The van der Waals surface area contributed by atoms with Crippen LogP contribution in [0.25, 0.3) is 0 Å². The molecule has 0 bridgehead atoms. The van der Waals surface area contributed by atoms with E-state index in [4.69, 9.17) is 21.4 Å². The maximum absolute atomic E-state index is 8.60. The van der Waals surface area contributed by atoms with E-state index in [0.717, 1.165) is 21.9 Å². The van der Waals surface area contributed by atoms with Crippen molar-refractivity contribution in [3.05, 3.63) is 64.7 Å². The molecule has 0 heterocycles. The number of hydrogen-bond acceptors (Lipinski definition) is 2. The third-order valence-electron chi connectivity index (χ3n) is 2.48. The van der Waals surface area contributed by atoms with Gasteiger partial charge in [0.25, 0.3) is 0 Å². The number of halogens is 1. The van der Waals surface area contributed by atoms with Gasteiger partial charge in [0.05, 0.1) is 0 Å². The highest BCUT2D eigenvalue weighted by Crippen LogP contribution is 2.15. The smallest absolute Gasteiger partial charge is 0.119 e. The van der Waals surface area contributed by atoms with Crippen LogP contribution in [0.1, 0.15) is 11.1 Å². The van der Waals surface area contributed by atoms with Crippen LogP contribution < -0.4 is 4.74 Å². The van der Waals surface area contributed by atoms with E-state index in [1.807, 2.05) is 48.5 Å². The topological polar surface area (TPSA) is 29.5 Å². The molecule has 0 saturated heterocycles. The lowest BCUT2D eigenvalue weighted by Gasteiger charge is -2.06. The predicted molar refractivity (Wildman–Crippen MR) is 76.2 cm³/mol. The van der Waals surface area contributed by atoms with Crippen LogP contribution in [0.15, 0.2) is 48.5 Å². The number of aliphatic hydroxyl groups is 1. The van der Waals surface area contributed by atoms with Crippen molar-refractivity contribution < 1.29 is 9.84 Å². The van der Waals surface area contributed by atoms with Gasteiger partial charge >= 0.3 is 0 Å². The molecule has 3 heteroatoms. The fraction of sp³-hybridized carbons (Fsp3) is 0.125. The molecule has 2 rings (SSSR count). The number of ether oxygens (including phenoxy) is 1. The number of aliphatic hydroxyl groups excluding tert-OH is 1. The molecule has 2 nitrogen and oxygen atoms in total. The van der Waals surface area contributed by atoms with E-state index in [2.05, 4.69) is 11.8 Å². The maximum atomic E-state index is 8.60. The largest absolute Gasteiger partial charge is 0.489 e. The van der Waals surface area contributed by atoms with Gasteiger partial charge in [-0.3, -0.25) is 0 Å². The number of rotatable bonds is 3.